The van der Waals surface area contributed by atoms with E-state index in [1.807, 2.05) is 19.3 Å². The predicted octanol–water partition coefficient (Wildman–Crippen LogP) is 0.0565. The molecule has 3 aromatic rings. The summed E-state index contributed by atoms with van der Waals surface area (Å²) in [5.74, 6) is 0.656. The van der Waals surface area contributed by atoms with Crippen LogP contribution in [0.2, 0.25) is 0 Å². The highest BCUT2D eigenvalue weighted by molar-refractivity contribution is 5.88. The van der Waals surface area contributed by atoms with Gasteiger partial charge in [-0.3, -0.25) is 18.6 Å². The minimum atomic E-state index is -0.310. The minimum Gasteiger partial charge on any atom is -0.380 e. The summed E-state index contributed by atoms with van der Waals surface area (Å²) in [4.78, 5) is 30.6. The molecule has 0 aromatic carbocycles. The molecule has 9 heteroatoms. The van der Waals surface area contributed by atoms with E-state index in [9.17, 15) is 9.59 Å². The molecule has 4 rings (SSSR count). The normalized spacial score (nSPS) is 17.2. The molecule has 9 nitrogen and oxygen atoms in total. The van der Waals surface area contributed by atoms with Crippen LogP contribution in [-0.2, 0) is 21.1 Å². The van der Waals surface area contributed by atoms with Gasteiger partial charge in [0.1, 0.15) is 5.82 Å². The largest absolute Gasteiger partial charge is 0.380 e. The Labute approximate surface area is 149 Å². The van der Waals surface area contributed by atoms with Crippen LogP contribution in [0.15, 0.2) is 34.1 Å². The smallest absolute Gasteiger partial charge is 0.332 e. The quantitative estimate of drug-likeness (QED) is 0.714. The first-order valence-corrected chi connectivity index (χ1v) is 8.51. The third kappa shape index (κ3) is 2.56. The first-order chi connectivity index (χ1) is 12.5. The van der Waals surface area contributed by atoms with Crippen molar-refractivity contribution in [2.75, 3.05) is 23.3 Å². The fourth-order valence-corrected chi connectivity index (χ4v) is 3.50. The summed E-state index contributed by atoms with van der Waals surface area (Å²) in [5.41, 5.74) is 1.23. The van der Waals surface area contributed by atoms with Gasteiger partial charge in [-0.05, 0) is 12.5 Å². The van der Waals surface area contributed by atoms with Crippen LogP contribution < -0.4 is 21.5 Å². The zero-order chi connectivity index (χ0) is 18.4. The highest BCUT2D eigenvalue weighted by atomic mass is 16.2. The van der Waals surface area contributed by atoms with Gasteiger partial charge in [0.25, 0.3) is 5.56 Å². The van der Waals surface area contributed by atoms with Gasteiger partial charge in [0.2, 0.25) is 0 Å². The van der Waals surface area contributed by atoms with E-state index in [1.54, 1.807) is 17.9 Å². The number of hydrogen-bond donors (Lipinski definition) is 1. The van der Waals surface area contributed by atoms with Crippen molar-refractivity contribution in [2.24, 2.45) is 21.1 Å². The van der Waals surface area contributed by atoms with Crippen LogP contribution in [-0.4, -0.2) is 43.0 Å². The topological polar surface area (TPSA) is 90.0 Å². The highest BCUT2D eigenvalue weighted by Gasteiger charge is 2.25. The van der Waals surface area contributed by atoms with Crippen molar-refractivity contribution in [3.05, 3.63) is 45.4 Å². The first-order valence-electron chi connectivity index (χ1n) is 8.51. The lowest BCUT2D eigenvalue weighted by Crippen LogP contribution is -2.40. The Bertz CT molecular complexity index is 1090. The van der Waals surface area contributed by atoms with Gasteiger partial charge in [0.15, 0.2) is 5.65 Å². The van der Waals surface area contributed by atoms with Crippen molar-refractivity contribution in [3.8, 4) is 0 Å². The molecule has 0 spiro atoms. The number of pyridine rings is 1. The average Bonchev–Trinajstić information content (AvgIpc) is 3.24. The monoisotopic (exact) mass is 355 g/mol. The predicted molar refractivity (Wildman–Crippen MR) is 99.7 cm³/mol. The maximum atomic E-state index is 12.2. The fourth-order valence-electron chi connectivity index (χ4n) is 3.50. The SMILES string of the molecule is Cn1c(N2CC[C@H](Nc3ccnc4c3cnn4C)C2)cc(=O)n(C)c1=O. The number of aromatic nitrogens is 5. The summed E-state index contributed by atoms with van der Waals surface area (Å²) in [7, 11) is 5.05. The summed E-state index contributed by atoms with van der Waals surface area (Å²) in [6, 6.07) is 3.68. The van der Waals surface area contributed by atoms with E-state index in [0.717, 1.165) is 34.3 Å². The summed E-state index contributed by atoms with van der Waals surface area (Å²) < 4.78 is 4.39. The first kappa shape index (κ1) is 16.4. The Morgan fingerprint density at radius 2 is 2.00 bits per heavy atom. The molecular formula is C17H21N7O2. The molecule has 1 aliphatic rings. The molecule has 1 N–H and O–H groups in total. The van der Waals surface area contributed by atoms with Gasteiger partial charge in [0.05, 0.1) is 11.6 Å². The van der Waals surface area contributed by atoms with Gasteiger partial charge in [-0.1, -0.05) is 0 Å². The lowest BCUT2D eigenvalue weighted by molar-refractivity contribution is 0.672. The molecule has 26 heavy (non-hydrogen) atoms. The van der Waals surface area contributed by atoms with Crippen LogP contribution in [0.4, 0.5) is 11.5 Å². The van der Waals surface area contributed by atoms with E-state index in [0.29, 0.717) is 12.4 Å². The summed E-state index contributed by atoms with van der Waals surface area (Å²) in [6.07, 6.45) is 4.49. The zero-order valence-corrected chi connectivity index (χ0v) is 15.0. The van der Waals surface area contributed by atoms with Crippen molar-refractivity contribution in [1.82, 2.24) is 23.9 Å². The summed E-state index contributed by atoms with van der Waals surface area (Å²) in [6.45, 7) is 1.49. The Morgan fingerprint density at radius 3 is 2.81 bits per heavy atom. The van der Waals surface area contributed by atoms with Crippen molar-refractivity contribution in [2.45, 2.75) is 12.5 Å². The van der Waals surface area contributed by atoms with Gasteiger partial charge >= 0.3 is 5.69 Å². The number of nitrogens with zero attached hydrogens (tertiary/aromatic N) is 6. The van der Waals surface area contributed by atoms with Crippen LogP contribution in [0.3, 0.4) is 0 Å². The Balaban J connectivity index is 1.58. The number of hydrogen-bond acceptors (Lipinski definition) is 6. The third-order valence-corrected chi connectivity index (χ3v) is 5.01. The molecule has 1 atom stereocenters. The Kier molecular flexibility index (Phi) is 3.78. The number of anilines is 2. The molecule has 3 aromatic heterocycles. The standard InChI is InChI=1S/C17H21N7O2/c1-21-14(8-15(25)22(2)17(21)26)24-7-5-11(10-24)20-13-4-6-18-16-12(13)9-19-23(16)3/h4,6,8-9,11H,5,7,10H2,1-3H3,(H,18,20)/t11-/m0/s1. The Hall–Kier alpha value is -3.10. The number of aryl methyl sites for hydroxylation is 1. The number of fused-ring (bicyclic) bond motifs is 1. The molecular weight excluding hydrogens is 334 g/mol. The minimum absolute atomic E-state index is 0.208. The summed E-state index contributed by atoms with van der Waals surface area (Å²) >= 11 is 0. The molecule has 0 amide bonds. The lowest BCUT2D eigenvalue weighted by atomic mass is 10.2. The second-order valence-electron chi connectivity index (χ2n) is 6.68. The number of rotatable bonds is 3. The van der Waals surface area contributed by atoms with E-state index >= 15 is 0 Å². The fraction of sp³-hybridized carbons (Fsp3) is 0.412. The van der Waals surface area contributed by atoms with Crippen molar-refractivity contribution in [1.29, 1.82) is 0 Å². The second-order valence-corrected chi connectivity index (χ2v) is 6.68. The maximum Gasteiger partial charge on any atom is 0.332 e. The van der Waals surface area contributed by atoms with Gasteiger partial charge in [0, 0.05) is 58.2 Å². The molecule has 0 aliphatic carbocycles. The second kappa shape index (κ2) is 6.01. The lowest BCUT2D eigenvalue weighted by Gasteiger charge is -2.22. The molecule has 1 fully saturated rings. The number of nitrogens with one attached hydrogen (secondary N) is 1. The molecule has 1 aliphatic heterocycles. The van der Waals surface area contributed by atoms with Gasteiger partial charge in [-0.15, -0.1) is 0 Å². The van der Waals surface area contributed by atoms with Crippen LogP contribution in [0.5, 0.6) is 0 Å². The Morgan fingerprint density at radius 1 is 1.19 bits per heavy atom. The third-order valence-electron chi connectivity index (χ3n) is 5.01. The van der Waals surface area contributed by atoms with E-state index in [1.165, 1.54) is 17.7 Å². The molecule has 0 saturated carbocycles. The van der Waals surface area contributed by atoms with Crippen LogP contribution in [0.1, 0.15) is 6.42 Å². The molecule has 0 unspecified atom stereocenters. The highest BCUT2D eigenvalue weighted by Crippen LogP contribution is 2.25. The van der Waals surface area contributed by atoms with Crippen molar-refractivity contribution < 1.29 is 0 Å². The van der Waals surface area contributed by atoms with E-state index in [-0.39, 0.29) is 17.3 Å². The van der Waals surface area contributed by atoms with Crippen molar-refractivity contribution >= 4 is 22.5 Å². The van der Waals surface area contributed by atoms with E-state index < -0.39 is 0 Å². The molecule has 1 saturated heterocycles. The van der Waals surface area contributed by atoms with Gasteiger partial charge in [-0.2, -0.15) is 5.10 Å². The summed E-state index contributed by atoms with van der Waals surface area (Å²) in [5, 5.41) is 8.79. The van der Waals surface area contributed by atoms with Crippen LogP contribution in [0, 0.1) is 0 Å². The van der Waals surface area contributed by atoms with Gasteiger partial charge < -0.3 is 10.2 Å². The average molecular weight is 355 g/mol. The maximum absolute atomic E-state index is 12.2. The molecule has 0 radical (unpaired) electrons. The molecule has 0 bridgehead atoms. The van der Waals surface area contributed by atoms with E-state index in [4.69, 9.17) is 0 Å². The molecule has 4 heterocycles. The molecule has 136 valence electrons. The zero-order valence-electron chi connectivity index (χ0n) is 15.0. The van der Waals surface area contributed by atoms with Crippen molar-refractivity contribution in [3.63, 3.8) is 0 Å². The van der Waals surface area contributed by atoms with Crippen LogP contribution in [0.25, 0.3) is 11.0 Å². The van der Waals surface area contributed by atoms with Gasteiger partial charge in [-0.25, -0.2) is 9.78 Å². The van der Waals surface area contributed by atoms with E-state index in [2.05, 4.69) is 20.3 Å². The van der Waals surface area contributed by atoms with Crippen LogP contribution >= 0.6 is 0 Å².